The van der Waals surface area contributed by atoms with Crippen molar-refractivity contribution in [3.8, 4) is 27.9 Å². The SMILES string of the molecule is CCc1nc2ccccc2n1-c1c2ccccc2c(-c2ccc(-c3cc4cccc5c6cccc7ccc8cccc(c9cccc3c9c45)c8c76)cc2)c2ccccc12. The lowest BCUT2D eigenvalue weighted by Gasteiger charge is -2.20. The van der Waals surface area contributed by atoms with Crippen molar-refractivity contribution in [2.45, 2.75) is 13.3 Å². The van der Waals surface area contributed by atoms with Crippen LogP contribution in [0.25, 0.3) is 125 Å². The van der Waals surface area contributed by atoms with Gasteiger partial charge in [0.15, 0.2) is 0 Å². The minimum absolute atomic E-state index is 0.839. The third-order valence-electron chi connectivity index (χ3n) is 13.0. The van der Waals surface area contributed by atoms with Gasteiger partial charge in [0, 0.05) is 17.2 Å². The molecule has 0 aliphatic rings. The fourth-order valence-electron chi connectivity index (χ4n) is 10.6. The van der Waals surface area contributed by atoms with Gasteiger partial charge in [0.2, 0.25) is 0 Å². The minimum Gasteiger partial charge on any atom is -0.295 e. The maximum Gasteiger partial charge on any atom is 0.114 e. The third kappa shape index (κ3) is 4.49. The van der Waals surface area contributed by atoms with Gasteiger partial charge in [-0.2, -0.15) is 0 Å². The molecular weight excluding hydrogens is 713 g/mol. The highest BCUT2D eigenvalue weighted by atomic mass is 15.1. The molecule has 0 unspecified atom stereocenters. The maximum atomic E-state index is 5.10. The molecule has 2 nitrogen and oxygen atoms in total. The first kappa shape index (κ1) is 32.5. The van der Waals surface area contributed by atoms with Crippen LogP contribution in [0.15, 0.2) is 188 Å². The molecule has 0 amide bonds. The summed E-state index contributed by atoms with van der Waals surface area (Å²) in [4.78, 5) is 5.10. The zero-order chi connectivity index (χ0) is 38.8. The second-order valence-electron chi connectivity index (χ2n) is 16.0. The van der Waals surface area contributed by atoms with Gasteiger partial charge in [-0.1, -0.05) is 177 Å². The first-order valence-electron chi connectivity index (χ1n) is 20.7. The van der Waals surface area contributed by atoms with Crippen molar-refractivity contribution in [3.63, 3.8) is 0 Å². The summed E-state index contributed by atoms with van der Waals surface area (Å²) >= 11 is 0. The van der Waals surface area contributed by atoms with Crippen molar-refractivity contribution >= 4 is 97.2 Å². The second kappa shape index (κ2) is 12.2. The lowest BCUT2D eigenvalue weighted by molar-refractivity contribution is 0.917. The lowest BCUT2D eigenvalue weighted by atomic mass is 9.85. The summed E-state index contributed by atoms with van der Waals surface area (Å²) in [5.74, 6) is 1.07. The van der Waals surface area contributed by atoms with Crippen LogP contribution in [0.4, 0.5) is 0 Å². The summed E-state index contributed by atoms with van der Waals surface area (Å²) < 4.78 is 2.40. The first-order chi connectivity index (χ1) is 29.2. The predicted molar refractivity (Wildman–Crippen MR) is 253 cm³/mol. The number of rotatable bonds is 4. The van der Waals surface area contributed by atoms with E-state index in [1.54, 1.807) is 0 Å². The average Bonchev–Trinajstić information content (AvgIpc) is 3.67. The van der Waals surface area contributed by atoms with E-state index in [1.807, 2.05) is 0 Å². The van der Waals surface area contributed by atoms with Gasteiger partial charge in [0.05, 0.1) is 16.7 Å². The monoisotopic (exact) mass is 748 g/mol. The normalized spacial score (nSPS) is 12.2. The molecule has 2 heteroatoms. The number of para-hydroxylation sites is 2. The Morgan fingerprint density at radius 3 is 1.49 bits per heavy atom. The molecule has 12 aromatic carbocycles. The molecule has 0 radical (unpaired) electrons. The predicted octanol–water partition coefficient (Wildman–Crippen LogP) is 15.6. The van der Waals surface area contributed by atoms with Crippen molar-refractivity contribution in [3.05, 3.63) is 194 Å². The van der Waals surface area contributed by atoms with Crippen molar-refractivity contribution in [2.75, 3.05) is 0 Å². The number of benzene rings is 11. The van der Waals surface area contributed by atoms with E-state index >= 15 is 0 Å². The molecule has 1 aromatic heterocycles. The van der Waals surface area contributed by atoms with E-state index in [0.29, 0.717) is 0 Å². The van der Waals surface area contributed by atoms with Crippen LogP contribution < -0.4 is 0 Å². The zero-order valence-corrected chi connectivity index (χ0v) is 32.5. The summed E-state index contributed by atoms with van der Waals surface area (Å²) in [5, 5.41) is 20.5. The van der Waals surface area contributed by atoms with E-state index in [9.17, 15) is 0 Å². The Labute approximate surface area is 340 Å². The Morgan fingerprint density at radius 1 is 0.390 bits per heavy atom. The Morgan fingerprint density at radius 2 is 0.864 bits per heavy atom. The van der Waals surface area contributed by atoms with Crippen LogP contribution in [0.3, 0.4) is 0 Å². The van der Waals surface area contributed by atoms with Crippen LogP contribution in [0, 0.1) is 0 Å². The summed E-state index contributed by atoms with van der Waals surface area (Å²) in [6, 6.07) is 70.1. The summed E-state index contributed by atoms with van der Waals surface area (Å²) in [5.41, 5.74) is 8.29. The van der Waals surface area contributed by atoms with Crippen molar-refractivity contribution < 1.29 is 0 Å². The molecular formula is C57H36N2. The number of hydrogen-bond donors (Lipinski definition) is 0. The van der Waals surface area contributed by atoms with E-state index in [-0.39, 0.29) is 0 Å². The second-order valence-corrected chi connectivity index (χ2v) is 16.0. The molecule has 0 aliphatic carbocycles. The highest BCUT2D eigenvalue weighted by molar-refractivity contribution is 6.38. The van der Waals surface area contributed by atoms with Crippen molar-refractivity contribution in [2.24, 2.45) is 0 Å². The number of imidazole rings is 1. The van der Waals surface area contributed by atoms with E-state index in [4.69, 9.17) is 4.98 Å². The topological polar surface area (TPSA) is 17.8 Å². The number of hydrogen-bond acceptors (Lipinski definition) is 1. The summed E-state index contributed by atoms with van der Waals surface area (Å²) in [7, 11) is 0. The summed E-state index contributed by atoms with van der Waals surface area (Å²) in [6.07, 6.45) is 0.839. The molecule has 274 valence electrons. The number of aryl methyl sites for hydroxylation is 1. The quantitative estimate of drug-likeness (QED) is 0.129. The van der Waals surface area contributed by atoms with Crippen LogP contribution in [-0.2, 0) is 6.42 Å². The van der Waals surface area contributed by atoms with Crippen LogP contribution in [0.1, 0.15) is 12.7 Å². The Kier molecular flexibility index (Phi) is 6.74. The minimum atomic E-state index is 0.839. The molecule has 0 atom stereocenters. The zero-order valence-electron chi connectivity index (χ0n) is 32.5. The molecule has 0 aliphatic heterocycles. The van der Waals surface area contributed by atoms with Crippen molar-refractivity contribution in [1.82, 2.24) is 9.55 Å². The van der Waals surface area contributed by atoms with Crippen LogP contribution >= 0.6 is 0 Å². The third-order valence-corrected chi connectivity index (χ3v) is 13.0. The molecule has 0 fully saturated rings. The fourth-order valence-corrected chi connectivity index (χ4v) is 10.6. The van der Waals surface area contributed by atoms with Gasteiger partial charge in [0.1, 0.15) is 5.82 Å². The lowest BCUT2D eigenvalue weighted by Crippen LogP contribution is -2.03. The standard InChI is InChI=1S/C57H36N2/c1-2-51-58-49-25-7-8-26-50(49)59(51)57-46-18-5-3-16-43(46)52(44-17-4-6-19-47(44)57)37-29-27-34(28-30-37)48-33-38-15-11-22-40-39-20-9-13-35-31-32-36-14-10-21-41(54(36)53(35)39)42-23-12-24-45(48)56(42)55(38)40/h3-33H,2H2,1H3. The molecule has 0 N–H and O–H groups in total. The molecule has 0 saturated carbocycles. The first-order valence-corrected chi connectivity index (χ1v) is 20.7. The van der Waals surface area contributed by atoms with Gasteiger partial charge in [-0.3, -0.25) is 4.57 Å². The van der Waals surface area contributed by atoms with E-state index in [0.717, 1.165) is 23.3 Å². The number of fused-ring (bicyclic) bond motifs is 5. The summed E-state index contributed by atoms with van der Waals surface area (Å²) in [6.45, 7) is 2.20. The van der Waals surface area contributed by atoms with E-state index < -0.39 is 0 Å². The molecule has 1 heterocycles. The fraction of sp³-hybridized carbons (Fsp3) is 0.0351. The average molecular weight is 749 g/mol. The maximum absolute atomic E-state index is 5.10. The highest BCUT2D eigenvalue weighted by Crippen LogP contribution is 2.47. The van der Waals surface area contributed by atoms with Crippen molar-refractivity contribution in [1.29, 1.82) is 0 Å². The largest absolute Gasteiger partial charge is 0.295 e. The molecule has 13 aromatic rings. The Bertz CT molecular complexity index is 3810. The number of nitrogens with zero attached hydrogens (tertiary/aromatic N) is 2. The van der Waals surface area contributed by atoms with E-state index in [1.165, 1.54) is 114 Å². The molecule has 0 bridgehead atoms. The Balaban J connectivity index is 1.07. The van der Waals surface area contributed by atoms with Gasteiger partial charge >= 0.3 is 0 Å². The van der Waals surface area contributed by atoms with Gasteiger partial charge in [-0.15, -0.1) is 0 Å². The smallest absolute Gasteiger partial charge is 0.114 e. The van der Waals surface area contributed by atoms with Gasteiger partial charge < -0.3 is 0 Å². The van der Waals surface area contributed by atoms with E-state index in [2.05, 4.69) is 200 Å². The molecule has 0 spiro atoms. The van der Waals surface area contributed by atoms with Gasteiger partial charge in [0.25, 0.3) is 0 Å². The van der Waals surface area contributed by atoms with Gasteiger partial charge in [-0.25, -0.2) is 4.98 Å². The number of aromatic nitrogens is 2. The molecule has 13 rings (SSSR count). The van der Waals surface area contributed by atoms with Crippen LogP contribution in [0.2, 0.25) is 0 Å². The van der Waals surface area contributed by atoms with Crippen LogP contribution in [-0.4, -0.2) is 9.55 Å². The Hall–Kier alpha value is -7.55. The molecule has 0 saturated heterocycles. The van der Waals surface area contributed by atoms with Gasteiger partial charge in [-0.05, 0) is 116 Å². The van der Waals surface area contributed by atoms with Crippen LogP contribution in [0.5, 0.6) is 0 Å². The molecule has 59 heavy (non-hydrogen) atoms. The highest BCUT2D eigenvalue weighted by Gasteiger charge is 2.21.